The van der Waals surface area contributed by atoms with Gasteiger partial charge >= 0.3 is 6.18 Å². The van der Waals surface area contributed by atoms with Gasteiger partial charge in [0.2, 0.25) is 5.91 Å². The fraction of sp³-hybridized carbons (Fsp3) is 0.583. The van der Waals surface area contributed by atoms with E-state index in [0.717, 1.165) is 37.4 Å². The molecule has 0 saturated heterocycles. The Hall–Kier alpha value is -1.51. The van der Waals surface area contributed by atoms with Gasteiger partial charge < -0.3 is 10.3 Å². The molecule has 9 heteroatoms. The molecular formula is C12H14F3N3O2S. The highest BCUT2D eigenvalue weighted by Crippen LogP contribution is 2.27. The van der Waals surface area contributed by atoms with Crippen molar-refractivity contribution in [1.82, 2.24) is 15.3 Å². The van der Waals surface area contributed by atoms with Crippen molar-refractivity contribution in [3.63, 3.8) is 0 Å². The molecule has 21 heavy (non-hydrogen) atoms. The average molecular weight is 321 g/mol. The van der Waals surface area contributed by atoms with Gasteiger partial charge in [-0.25, -0.2) is 4.98 Å². The van der Waals surface area contributed by atoms with Crippen molar-refractivity contribution in [2.75, 3.05) is 5.75 Å². The molecule has 1 aromatic heterocycles. The highest BCUT2D eigenvalue weighted by atomic mass is 32.2. The first kappa shape index (κ1) is 15.9. The first-order valence-electron chi connectivity index (χ1n) is 6.45. The number of H-pyrrole nitrogens is 1. The normalized spacial score (nSPS) is 16.1. The van der Waals surface area contributed by atoms with E-state index in [1.54, 1.807) is 0 Å². The summed E-state index contributed by atoms with van der Waals surface area (Å²) in [6.07, 6.45) is -0.693. The number of nitrogens with one attached hydrogen (secondary N) is 2. The SMILES string of the molecule is O=C(CSc1nc(C(F)(F)F)cc(=O)[nH]1)NC1CCCC1. The Balaban J connectivity index is 1.94. The smallest absolute Gasteiger partial charge is 0.353 e. The molecule has 0 atom stereocenters. The lowest BCUT2D eigenvalue weighted by Crippen LogP contribution is -2.33. The van der Waals surface area contributed by atoms with Gasteiger partial charge in [0.1, 0.15) is 0 Å². The van der Waals surface area contributed by atoms with Gasteiger partial charge in [-0.2, -0.15) is 13.2 Å². The maximum atomic E-state index is 12.5. The second kappa shape index (κ2) is 6.50. The second-order valence-corrected chi connectivity index (χ2v) is 5.74. The first-order chi connectivity index (χ1) is 9.84. The predicted molar refractivity (Wildman–Crippen MR) is 71.0 cm³/mol. The van der Waals surface area contributed by atoms with Crippen LogP contribution >= 0.6 is 11.8 Å². The minimum Gasteiger partial charge on any atom is -0.353 e. The molecule has 1 aromatic rings. The van der Waals surface area contributed by atoms with Crippen LogP contribution in [0.2, 0.25) is 0 Å². The lowest BCUT2D eigenvalue weighted by molar-refractivity contribution is -0.141. The van der Waals surface area contributed by atoms with E-state index in [9.17, 15) is 22.8 Å². The van der Waals surface area contributed by atoms with Crippen molar-refractivity contribution in [2.45, 2.75) is 43.1 Å². The summed E-state index contributed by atoms with van der Waals surface area (Å²) in [5.41, 5.74) is -2.15. The summed E-state index contributed by atoms with van der Waals surface area (Å²) >= 11 is 0.778. The molecule has 0 unspecified atom stereocenters. The highest BCUT2D eigenvalue weighted by molar-refractivity contribution is 7.99. The van der Waals surface area contributed by atoms with Gasteiger partial charge in [-0.05, 0) is 12.8 Å². The van der Waals surface area contributed by atoms with Crippen LogP contribution in [0.3, 0.4) is 0 Å². The molecule has 1 fully saturated rings. The molecule has 2 N–H and O–H groups in total. The zero-order chi connectivity index (χ0) is 15.5. The van der Waals surface area contributed by atoms with E-state index >= 15 is 0 Å². The quantitative estimate of drug-likeness (QED) is 0.656. The summed E-state index contributed by atoms with van der Waals surface area (Å²) < 4.78 is 37.5. The monoisotopic (exact) mass is 321 g/mol. The summed E-state index contributed by atoms with van der Waals surface area (Å²) in [5.74, 6) is -0.354. The van der Waals surface area contributed by atoms with Gasteiger partial charge in [0.05, 0.1) is 5.75 Å². The maximum Gasteiger partial charge on any atom is 0.433 e. The van der Waals surface area contributed by atoms with E-state index < -0.39 is 17.4 Å². The van der Waals surface area contributed by atoms with Gasteiger partial charge in [-0.3, -0.25) is 9.59 Å². The molecule has 1 amide bonds. The molecule has 1 heterocycles. The number of aromatic amines is 1. The van der Waals surface area contributed by atoms with Crippen LogP contribution < -0.4 is 10.9 Å². The number of amides is 1. The Morgan fingerprint density at radius 3 is 2.71 bits per heavy atom. The first-order valence-corrected chi connectivity index (χ1v) is 7.44. The molecule has 0 aromatic carbocycles. The summed E-state index contributed by atoms with van der Waals surface area (Å²) in [5, 5.41) is 2.60. The van der Waals surface area contributed by atoms with Crippen molar-refractivity contribution in [2.24, 2.45) is 0 Å². The molecular weight excluding hydrogens is 307 g/mol. The van der Waals surface area contributed by atoms with Crippen molar-refractivity contribution < 1.29 is 18.0 Å². The number of halogens is 3. The molecule has 0 aliphatic heterocycles. The van der Waals surface area contributed by atoms with Gasteiger partial charge in [0, 0.05) is 12.1 Å². The molecule has 1 aliphatic rings. The number of hydrogen-bond acceptors (Lipinski definition) is 4. The number of alkyl halides is 3. The van der Waals surface area contributed by atoms with E-state index in [1.807, 2.05) is 0 Å². The lowest BCUT2D eigenvalue weighted by Gasteiger charge is -2.11. The van der Waals surface area contributed by atoms with Crippen LogP contribution in [0.5, 0.6) is 0 Å². The summed E-state index contributed by atoms with van der Waals surface area (Å²) in [6, 6.07) is 0.537. The van der Waals surface area contributed by atoms with Gasteiger partial charge in [-0.15, -0.1) is 0 Å². The van der Waals surface area contributed by atoms with E-state index in [1.165, 1.54) is 0 Å². The van der Waals surface area contributed by atoms with E-state index in [2.05, 4.69) is 15.3 Å². The highest BCUT2D eigenvalue weighted by Gasteiger charge is 2.33. The largest absolute Gasteiger partial charge is 0.433 e. The Kier molecular flexibility index (Phi) is 4.92. The molecule has 2 rings (SSSR count). The molecule has 1 aliphatic carbocycles. The summed E-state index contributed by atoms with van der Waals surface area (Å²) in [4.78, 5) is 28.3. The summed E-state index contributed by atoms with van der Waals surface area (Å²) in [6.45, 7) is 0. The Labute approximate surface area is 122 Å². The van der Waals surface area contributed by atoms with Crippen molar-refractivity contribution in [3.8, 4) is 0 Å². The number of carbonyl (C=O) groups is 1. The Bertz CT molecular complexity index is 568. The van der Waals surface area contributed by atoms with Crippen LogP contribution in [0, 0.1) is 0 Å². The zero-order valence-electron chi connectivity index (χ0n) is 11.0. The number of hydrogen-bond donors (Lipinski definition) is 2. The summed E-state index contributed by atoms with van der Waals surface area (Å²) in [7, 11) is 0. The van der Waals surface area contributed by atoms with Crippen LogP contribution in [-0.2, 0) is 11.0 Å². The Morgan fingerprint density at radius 1 is 1.43 bits per heavy atom. The van der Waals surface area contributed by atoms with Gasteiger partial charge in [-0.1, -0.05) is 24.6 Å². The van der Waals surface area contributed by atoms with Gasteiger partial charge in [0.15, 0.2) is 10.9 Å². The van der Waals surface area contributed by atoms with Crippen LogP contribution in [0.25, 0.3) is 0 Å². The molecule has 1 saturated carbocycles. The van der Waals surface area contributed by atoms with E-state index in [0.29, 0.717) is 6.07 Å². The fourth-order valence-electron chi connectivity index (χ4n) is 2.12. The molecule has 0 bridgehead atoms. The van der Waals surface area contributed by atoms with Crippen LogP contribution in [0.1, 0.15) is 31.4 Å². The third-order valence-electron chi connectivity index (χ3n) is 3.07. The van der Waals surface area contributed by atoms with E-state index in [-0.39, 0.29) is 22.9 Å². The van der Waals surface area contributed by atoms with Crippen LogP contribution in [-0.4, -0.2) is 27.7 Å². The number of nitrogens with zero attached hydrogens (tertiary/aromatic N) is 1. The molecule has 5 nitrogen and oxygen atoms in total. The minimum atomic E-state index is -4.68. The average Bonchev–Trinajstić information content (AvgIpc) is 2.87. The zero-order valence-corrected chi connectivity index (χ0v) is 11.8. The second-order valence-electron chi connectivity index (χ2n) is 4.77. The number of aromatic nitrogens is 2. The maximum absolute atomic E-state index is 12.5. The predicted octanol–water partition coefficient (Wildman–Crippen LogP) is 1.94. The molecule has 0 spiro atoms. The third kappa shape index (κ3) is 4.76. The van der Waals surface area contributed by atoms with Crippen LogP contribution in [0.4, 0.5) is 13.2 Å². The number of thioether (sulfide) groups is 1. The minimum absolute atomic E-state index is 0.0826. The van der Waals surface area contributed by atoms with E-state index in [4.69, 9.17) is 0 Å². The van der Waals surface area contributed by atoms with Crippen molar-refractivity contribution in [3.05, 3.63) is 22.1 Å². The molecule has 0 radical (unpaired) electrons. The molecule has 116 valence electrons. The van der Waals surface area contributed by atoms with Crippen molar-refractivity contribution in [1.29, 1.82) is 0 Å². The Morgan fingerprint density at radius 2 is 2.10 bits per heavy atom. The number of rotatable bonds is 4. The van der Waals surface area contributed by atoms with Gasteiger partial charge in [0.25, 0.3) is 5.56 Å². The van der Waals surface area contributed by atoms with Crippen LogP contribution in [0.15, 0.2) is 16.0 Å². The fourth-order valence-corrected chi connectivity index (χ4v) is 2.81. The van der Waals surface area contributed by atoms with Crippen molar-refractivity contribution >= 4 is 17.7 Å². The third-order valence-corrected chi connectivity index (χ3v) is 3.94. The number of carbonyl (C=O) groups excluding carboxylic acids is 1. The topological polar surface area (TPSA) is 74.8 Å². The standard InChI is InChI=1S/C12H14F3N3O2S/c13-12(14,15)8-5-9(19)18-11(17-8)21-6-10(20)16-7-3-1-2-4-7/h5,7H,1-4,6H2,(H,16,20)(H,17,18,19). The lowest BCUT2D eigenvalue weighted by atomic mass is 10.2.